The van der Waals surface area contributed by atoms with E-state index in [0.717, 1.165) is 0 Å². The minimum absolute atomic E-state index is 0.00362. The number of ether oxygens (including phenoxy) is 1. The van der Waals surface area contributed by atoms with Gasteiger partial charge in [0.05, 0.1) is 5.92 Å². The molecule has 5 heteroatoms. The SMILES string of the molecule is CC(C)[C@H]1CC[C@@H](C(=O)O)CN1C(=O)OCC1c2ccccc2-c2ccccc21. The average molecular weight is 393 g/mol. The number of carbonyl (C=O) groups is 2. The van der Waals surface area contributed by atoms with Crippen LogP contribution in [0.1, 0.15) is 43.7 Å². The van der Waals surface area contributed by atoms with Crippen molar-refractivity contribution < 1.29 is 19.4 Å². The lowest BCUT2D eigenvalue weighted by molar-refractivity contribution is -0.144. The first-order valence-electron chi connectivity index (χ1n) is 10.3. The molecule has 2 aliphatic rings. The van der Waals surface area contributed by atoms with Crippen LogP contribution < -0.4 is 0 Å². The fourth-order valence-electron chi connectivity index (χ4n) is 4.77. The molecular formula is C24H27NO4. The minimum atomic E-state index is -0.844. The number of nitrogens with zero attached hydrogens (tertiary/aromatic N) is 1. The van der Waals surface area contributed by atoms with Crippen molar-refractivity contribution in [1.82, 2.24) is 4.90 Å². The van der Waals surface area contributed by atoms with Crippen molar-refractivity contribution in [2.45, 2.75) is 38.6 Å². The van der Waals surface area contributed by atoms with E-state index in [4.69, 9.17) is 4.74 Å². The summed E-state index contributed by atoms with van der Waals surface area (Å²) in [4.78, 5) is 26.1. The van der Waals surface area contributed by atoms with Crippen LogP contribution >= 0.6 is 0 Å². The van der Waals surface area contributed by atoms with E-state index in [1.54, 1.807) is 4.90 Å². The molecular weight excluding hydrogens is 366 g/mol. The van der Waals surface area contributed by atoms with E-state index in [0.29, 0.717) is 12.8 Å². The standard InChI is InChI=1S/C24H27NO4/c1-15(2)22-12-11-16(23(26)27)13-25(22)24(28)29-14-21-19-9-5-3-7-17(19)18-8-4-6-10-20(18)21/h3-10,15-16,21-22H,11-14H2,1-2H3,(H,26,27)/t16-,22-/m1/s1. The molecule has 0 radical (unpaired) electrons. The summed E-state index contributed by atoms with van der Waals surface area (Å²) in [5.41, 5.74) is 4.72. The van der Waals surface area contributed by atoms with Crippen molar-refractivity contribution in [3.8, 4) is 11.1 Å². The van der Waals surface area contributed by atoms with Crippen LogP contribution in [0.3, 0.4) is 0 Å². The predicted molar refractivity (Wildman–Crippen MR) is 111 cm³/mol. The van der Waals surface area contributed by atoms with E-state index in [-0.39, 0.29) is 31.0 Å². The summed E-state index contributed by atoms with van der Waals surface area (Å²) in [5.74, 6) is -1.11. The summed E-state index contributed by atoms with van der Waals surface area (Å²) in [7, 11) is 0. The summed E-state index contributed by atoms with van der Waals surface area (Å²) >= 11 is 0. The Morgan fingerprint density at radius 2 is 1.62 bits per heavy atom. The van der Waals surface area contributed by atoms with Gasteiger partial charge in [-0.15, -0.1) is 0 Å². The van der Waals surface area contributed by atoms with Gasteiger partial charge in [-0.3, -0.25) is 4.79 Å². The molecule has 4 rings (SSSR count). The van der Waals surface area contributed by atoms with Crippen molar-refractivity contribution >= 4 is 12.1 Å². The number of benzene rings is 2. The highest BCUT2D eigenvalue weighted by Crippen LogP contribution is 2.44. The zero-order valence-electron chi connectivity index (χ0n) is 16.9. The van der Waals surface area contributed by atoms with Crippen molar-refractivity contribution in [2.75, 3.05) is 13.2 Å². The van der Waals surface area contributed by atoms with Gasteiger partial charge in [0.2, 0.25) is 0 Å². The Kier molecular flexibility index (Phi) is 5.31. The Morgan fingerprint density at radius 1 is 1.03 bits per heavy atom. The quantitative estimate of drug-likeness (QED) is 0.813. The third-order valence-corrected chi connectivity index (χ3v) is 6.32. The number of piperidine rings is 1. The van der Waals surface area contributed by atoms with Crippen molar-refractivity contribution in [2.24, 2.45) is 11.8 Å². The Balaban J connectivity index is 1.52. The second kappa shape index (κ2) is 7.90. The Hall–Kier alpha value is -2.82. The number of hydrogen-bond donors (Lipinski definition) is 1. The third-order valence-electron chi connectivity index (χ3n) is 6.32. The molecule has 1 aliphatic heterocycles. The van der Waals surface area contributed by atoms with Gasteiger partial charge in [-0.2, -0.15) is 0 Å². The highest BCUT2D eigenvalue weighted by Gasteiger charge is 2.37. The van der Waals surface area contributed by atoms with Crippen LogP contribution in [-0.4, -0.2) is 41.3 Å². The first kappa shape index (κ1) is 19.5. The number of carboxylic acids is 1. The molecule has 2 aromatic carbocycles. The van der Waals surface area contributed by atoms with Crippen LogP contribution in [-0.2, 0) is 9.53 Å². The molecule has 29 heavy (non-hydrogen) atoms. The zero-order valence-corrected chi connectivity index (χ0v) is 16.9. The molecule has 0 aromatic heterocycles. The zero-order chi connectivity index (χ0) is 20.5. The van der Waals surface area contributed by atoms with Gasteiger partial charge in [0.15, 0.2) is 0 Å². The maximum absolute atomic E-state index is 13.0. The van der Waals surface area contributed by atoms with Crippen LogP contribution in [0.4, 0.5) is 4.79 Å². The minimum Gasteiger partial charge on any atom is -0.481 e. The molecule has 152 valence electrons. The topological polar surface area (TPSA) is 66.8 Å². The molecule has 1 amide bonds. The molecule has 1 aliphatic carbocycles. The Labute approximate surface area is 171 Å². The van der Waals surface area contributed by atoms with Gasteiger partial charge in [-0.05, 0) is 41.0 Å². The number of aliphatic carboxylic acids is 1. The van der Waals surface area contributed by atoms with Crippen LogP contribution in [0.5, 0.6) is 0 Å². The van der Waals surface area contributed by atoms with Gasteiger partial charge in [0.1, 0.15) is 6.61 Å². The molecule has 1 N–H and O–H groups in total. The third kappa shape index (κ3) is 3.61. The summed E-state index contributed by atoms with van der Waals surface area (Å²) in [6, 6.07) is 16.5. The largest absolute Gasteiger partial charge is 0.481 e. The van der Waals surface area contributed by atoms with Crippen molar-refractivity contribution in [3.63, 3.8) is 0 Å². The molecule has 0 spiro atoms. The van der Waals surface area contributed by atoms with E-state index in [1.807, 2.05) is 24.3 Å². The highest BCUT2D eigenvalue weighted by molar-refractivity contribution is 5.79. The number of rotatable bonds is 4. The van der Waals surface area contributed by atoms with Gasteiger partial charge in [0.25, 0.3) is 0 Å². The Morgan fingerprint density at radius 3 is 2.17 bits per heavy atom. The lowest BCUT2D eigenvalue weighted by atomic mass is 9.87. The first-order chi connectivity index (χ1) is 14.0. The smallest absolute Gasteiger partial charge is 0.410 e. The highest BCUT2D eigenvalue weighted by atomic mass is 16.6. The fraction of sp³-hybridized carbons (Fsp3) is 0.417. The number of hydrogen-bond acceptors (Lipinski definition) is 3. The predicted octanol–water partition coefficient (Wildman–Crippen LogP) is 4.76. The Bertz CT molecular complexity index is 877. The van der Waals surface area contributed by atoms with E-state index < -0.39 is 18.0 Å². The second-order valence-corrected chi connectivity index (χ2v) is 8.38. The van der Waals surface area contributed by atoms with E-state index in [2.05, 4.69) is 38.1 Å². The average Bonchev–Trinajstić information content (AvgIpc) is 3.05. The molecule has 2 atom stereocenters. The fourth-order valence-corrected chi connectivity index (χ4v) is 4.77. The maximum Gasteiger partial charge on any atom is 0.410 e. The van der Waals surface area contributed by atoms with Crippen LogP contribution in [0.25, 0.3) is 11.1 Å². The van der Waals surface area contributed by atoms with Gasteiger partial charge >= 0.3 is 12.1 Å². The number of likely N-dealkylation sites (tertiary alicyclic amines) is 1. The van der Waals surface area contributed by atoms with Gasteiger partial charge < -0.3 is 14.7 Å². The van der Waals surface area contributed by atoms with E-state index in [9.17, 15) is 14.7 Å². The molecule has 1 saturated heterocycles. The normalized spacial score (nSPS) is 21.0. The summed E-state index contributed by atoms with van der Waals surface area (Å²) in [5, 5.41) is 9.40. The molecule has 0 unspecified atom stereocenters. The van der Waals surface area contributed by atoms with Crippen molar-refractivity contribution in [1.29, 1.82) is 0 Å². The van der Waals surface area contributed by atoms with Crippen molar-refractivity contribution in [3.05, 3.63) is 59.7 Å². The number of carbonyl (C=O) groups excluding carboxylic acids is 1. The molecule has 5 nitrogen and oxygen atoms in total. The lowest BCUT2D eigenvalue weighted by Crippen LogP contribution is -2.51. The molecule has 0 saturated carbocycles. The molecule has 1 fully saturated rings. The number of carboxylic acid groups (broad SMARTS) is 1. The van der Waals surface area contributed by atoms with Gasteiger partial charge in [-0.1, -0.05) is 62.4 Å². The molecule has 2 aromatic rings. The summed E-state index contributed by atoms with van der Waals surface area (Å²) in [6.07, 6.45) is 0.890. The second-order valence-electron chi connectivity index (χ2n) is 8.38. The van der Waals surface area contributed by atoms with Crippen LogP contribution in [0.15, 0.2) is 48.5 Å². The van der Waals surface area contributed by atoms with E-state index in [1.165, 1.54) is 22.3 Å². The van der Waals surface area contributed by atoms with Crippen LogP contribution in [0, 0.1) is 11.8 Å². The van der Waals surface area contributed by atoms with Crippen LogP contribution in [0.2, 0.25) is 0 Å². The monoisotopic (exact) mass is 393 g/mol. The first-order valence-corrected chi connectivity index (χ1v) is 10.3. The maximum atomic E-state index is 13.0. The summed E-state index contributed by atoms with van der Waals surface area (Å²) < 4.78 is 5.78. The number of amides is 1. The molecule has 0 bridgehead atoms. The molecule has 1 heterocycles. The van der Waals surface area contributed by atoms with Gasteiger partial charge in [-0.25, -0.2) is 4.79 Å². The summed E-state index contributed by atoms with van der Waals surface area (Å²) in [6.45, 7) is 4.60. The van der Waals surface area contributed by atoms with Gasteiger partial charge in [0, 0.05) is 18.5 Å². The van der Waals surface area contributed by atoms with E-state index >= 15 is 0 Å². The number of fused-ring (bicyclic) bond motifs is 3. The lowest BCUT2D eigenvalue weighted by Gasteiger charge is -2.39.